The lowest BCUT2D eigenvalue weighted by Gasteiger charge is -2.25. The van der Waals surface area contributed by atoms with Gasteiger partial charge >= 0.3 is 6.18 Å². The van der Waals surface area contributed by atoms with Gasteiger partial charge in [0.15, 0.2) is 0 Å². The number of nitrogens with one attached hydrogen (secondary N) is 1. The van der Waals surface area contributed by atoms with E-state index in [1.165, 1.54) is 23.5 Å². The van der Waals surface area contributed by atoms with Crippen LogP contribution >= 0.6 is 11.3 Å². The third-order valence-electron chi connectivity index (χ3n) is 3.88. The summed E-state index contributed by atoms with van der Waals surface area (Å²) in [6, 6.07) is 4.58. The van der Waals surface area contributed by atoms with E-state index >= 15 is 0 Å². The Bertz CT molecular complexity index is 758. The number of alkyl halides is 3. The number of amides is 1. The van der Waals surface area contributed by atoms with Crippen LogP contribution in [0.3, 0.4) is 0 Å². The second-order valence-electron chi connectivity index (χ2n) is 5.92. The second kappa shape index (κ2) is 8.15. The number of thiazole rings is 1. The summed E-state index contributed by atoms with van der Waals surface area (Å²) in [4.78, 5) is 18.8. The topological polar surface area (TPSA) is 54.5 Å². The quantitative estimate of drug-likeness (QED) is 0.859. The molecule has 0 bridgehead atoms. The maximum absolute atomic E-state index is 12.7. The molecule has 0 spiro atoms. The first kappa shape index (κ1) is 18.8. The third kappa shape index (κ3) is 5.26. The van der Waals surface area contributed by atoms with Crippen LogP contribution in [0.5, 0.6) is 0 Å². The molecule has 3 rings (SSSR count). The number of ether oxygens (including phenoxy) is 1. The van der Waals surface area contributed by atoms with Gasteiger partial charge in [-0.15, -0.1) is 11.3 Å². The van der Waals surface area contributed by atoms with Gasteiger partial charge in [-0.3, -0.25) is 9.69 Å². The summed E-state index contributed by atoms with van der Waals surface area (Å²) < 4.78 is 43.4. The van der Waals surface area contributed by atoms with Crippen molar-refractivity contribution in [3.63, 3.8) is 0 Å². The number of hydrogen-bond donors (Lipinski definition) is 1. The average molecular weight is 385 g/mol. The van der Waals surface area contributed by atoms with Gasteiger partial charge in [0.2, 0.25) is 5.91 Å². The van der Waals surface area contributed by atoms with E-state index < -0.39 is 17.6 Å². The van der Waals surface area contributed by atoms with E-state index in [1.54, 1.807) is 0 Å². The van der Waals surface area contributed by atoms with Crippen molar-refractivity contribution in [1.29, 1.82) is 0 Å². The summed E-state index contributed by atoms with van der Waals surface area (Å²) >= 11 is 1.47. The van der Waals surface area contributed by atoms with Gasteiger partial charge in [0.1, 0.15) is 5.01 Å². The Morgan fingerprint density at radius 1 is 1.31 bits per heavy atom. The standard InChI is InChI=1S/C17H18F3N3O2S/c18-17(19,20)12-2-1-3-13(8-12)21-15(24)9-14-11-26-16(22-14)10-23-4-6-25-7-5-23/h1-3,8,11H,4-7,9-10H2,(H,21,24). The summed E-state index contributed by atoms with van der Waals surface area (Å²) in [6.07, 6.45) is -4.42. The van der Waals surface area contributed by atoms with Crippen LogP contribution < -0.4 is 5.32 Å². The zero-order valence-corrected chi connectivity index (χ0v) is 14.7. The largest absolute Gasteiger partial charge is 0.416 e. The molecule has 0 atom stereocenters. The van der Waals surface area contributed by atoms with Crippen molar-refractivity contribution in [1.82, 2.24) is 9.88 Å². The molecule has 1 amide bonds. The molecule has 2 heterocycles. The molecule has 0 radical (unpaired) electrons. The molecular weight excluding hydrogens is 367 g/mol. The lowest BCUT2D eigenvalue weighted by atomic mass is 10.2. The van der Waals surface area contributed by atoms with Crippen molar-refractivity contribution in [2.45, 2.75) is 19.1 Å². The summed E-state index contributed by atoms with van der Waals surface area (Å²) in [6.45, 7) is 3.83. The summed E-state index contributed by atoms with van der Waals surface area (Å²) in [5.41, 5.74) is -0.0620. The molecule has 1 aromatic heterocycles. The van der Waals surface area contributed by atoms with Crippen LogP contribution in [0, 0.1) is 0 Å². The Labute approximate surface area is 152 Å². The van der Waals surface area contributed by atoms with Crippen molar-refractivity contribution < 1.29 is 22.7 Å². The smallest absolute Gasteiger partial charge is 0.379 e. The molecule has 0 aliphatic carbocycles. The molecule has 1 fully saturated rings. The average Bonchev–Trinajstić information content (AvgIpc) is 3.02. The fourth-order valence-corrected chi connectivity index (χ4v) is 3.43. The molecular formula is C17H18F3N3O2S. The van der Waals surface area contributed by atoms with Gasteiger partial charge in [0.05, 0.1) is 37.4 Å². The van der Waals surface area contributed by atoms with Gasteiger partial charge in [0.25, 0.3) is 0 Å². The predicted octanol–water partition coefficient (Wildman–Crippen LogP) is 3.18. The molecule has 140 valence electrons. The fourth-order valence-electron chi connectivity index (χ4n) is 2.60. The van der Waals surface area contributed by atoms with Crippen LogP contribution in [-0.2, 0) is 28.7 Å². The number of morpholine rings is 1. The number of rotatable bonds is 5. The predicted molar refractivity (Wildman–Crippen MR) is 92.0 cm³/mol. The number of benzene rings is 1. The Kier molecular flexibility index (Phi) is 5.90. The highest BCUT2D eigenvalue weighted by Gasteiger charge is 2.30. The van der Waals surface area contributed by atoms with Gasteiger partial charge in [-0.25, -0.2) is 4.98 Å². The van der Waals surface area contributed by atoms with Gasteiger partial charge < -0.3 is 10.1 Å². The van der Waals surface area contributed by atoms with Gasteiger partial charge in [-0.2, -0.15) is 13.2 Å². The van der Waals surface area contributed by atoms with Crippen molar-refractivity contribution in [2.75, 3.05) is 31.6 Å². The lowest BCUT2D eigenvalue weighted by Crippen LogP contribution is -2.35. The minimum atomic E-state index is -4.44. The molecule has 2 aromatic rings. The molecule has 1 aliphatic heterocycles. The Morgan fingerprint density at radius 3 is 2.81 bits per heavy atom. The summed E-state index contributed by atoms with van der Waals surface area (Å²) in [7, 11) is 0. The van der Waals surface area contributed by atoms with Crippen LogP contribution in [0.1, 0.15) is 16.3 Å². The number of aromatic nitrogens is 1. The number of carbonyl (C=O) groups excluding carboxylic acids is 1. The molecule has 1 aliphatic rings. The van der Waals surface area contributed by atoms with Crippen molar-refractivity contribution >= 4 is 22.9 Å². The van der Waals surface area contributed by atoms with Crippen molar-refractivity contribution in [3.8, 4) is 0 Å². The number of halogens is 3. The van der Waals surface area contributed by atoms with Gasteiger partial charge in [-0.1, -0.05) is 6.07 Å². The number of hydrogen-bond acceptors (Lipinski definition) is 5. The monoisotopic (exact) mass is 385 g/mol. The maximum Gasteiger partial charge on any atom is 0.416 e. The van der Waals surface area contributed by atoms with E-state index in [0.29, 0.717) is 25.5 Å². The highest BCUT2D eigenvalue weighted by atomic mass is 32.1. The highest BCUT2D eigenvalue weighted by molar-refractivity contribution is 7.09. The third-order valence-corrected chi connectivity index (χ3v) is 4.76. The van der Waals surface area contributed by atoms with E-state index in [4.69, 9.17) is 4.74 Å². The first-order valence-corrected chi connectivity index (χ1v) is 8.98. The van der Waals surface area contributed by atoms with Crippen LogP contribution in [0.25, 0.3) is 0 Å². The Hall–Kier alpha value is -1.97. The minimum absolute atomic E-state index is 0.0237. The first-order valence-electron chi connectivity index (χ1n) is 8.10. The maximum atomic E-state index is 12.7. The van der Waals surface area contributed by atoms with Crippen LogP contribution in [0.15, 0.2) is 29.6 Å². The zero-order valence-electron chi connectivity index (χ0n) is 13.9. The molecule has 0 saturated carbocycles. The molecule has 0 unspecified atom stereocenters. The van der Waals surface area contributed by atoms with E-state index in [0.717, 1.165) is 30.2 Å². The molecule has 26 heavy (non-hydrogen) atoms. The molecule has 1 N–H and O–H groups in total. The van der Waals surface area contributed by atoms with Crippen LogP contribution in [0.4, 0.5) is 18.9 Å². The molecule has 1 saturated heterocycles. The SMILES string of the molecule is O=C(Cc1csc(CN2CCOCC2)n1)Nc1cccc(C(F)(F)F)c1. The molecule has 1 aromatic carbocycles. The van der Waals surface area contributed by atoms with Gasteiger partial charge in [-0.05, 0) is 18.2 Å². The second-order valence-corrected chi connectivity index (χ2v) is 6.87. The minimum Gasteiger partial charge on any atom is -0.379 e. The Morgan fingerprint density at radius 2 is 2.08 bits per heavy atom. The van der Waals surface area contributed by atoms with Gasteiger partial charge in [0, 0.05) is 24.2 Å². The Balaban J connectivity index is 1.55. The summed E-state index contributed by atoms with van der Waals surface area (Å²) in [5, 5.41) is 5.21. The summed E-state index contributed by atoms with van der Waals surface area (Å²) in [5.74, 6) is -0.396. The number of anilines is 1. The van der Waals surface area contributed by atoms with Crippen molar-refractivity contribution in [3.05, 3.63) is 45.9 Å². The molecule has 5 nitrogen and oxygen atoms in total. The number of carbonyl (C=O) groups is 1. The zero-order chi connectivity index (χ0) is 18.6. The highest BCUT2D eigenvalue weighted by Crippen LogP contribution is 2.30. The normalized spacial score (nSPS) is 15.8. The van der Waals surface area contributed by atoms with Crippen molar-refractivity contribution in [2.24, 2.45) is 0 Å². The van der Waals surface area contributed by atoms with E-state index in [2.05, 4.69) is 15.2 Å². The molecule has 9 heteroatoms. The van der Waals surface area contributed by atoms with Crippen LogP contribution in [-0.4, -0.2) is 42.1 Å². The fraction of sp³-hybridized carbons (Fsp3) is 0.412. The number of nitrogens with zero attached hydrogens (tertiary/aromatic N) is 2. The van der Waals surface area contributed by atoms with E-state index in [1.807, 2.05) is 5.38 Å². The lowest BCUT2D eigenvalue weighted by molar-refractivity contribution is -0.137. The van der Waals surface area contributed by atoms with E-state index in [9.17, 15) is 18.0 Å². The first-order chi connectivity index (χ1) is 12.4. The van der Waals surface area contributed by atoms with Crippen LogP contribution in [0.2, 0.25) is 0 Å². The van der Waals surface area contributed by atoms with E-state index in [-0.39, 0.29) is 12.1 Å².